The highest BCUT2D eigenvalue weighted by Crippen LogP contribution is 2.33. The second kappa shape index (κ2) is 3.72. The molecule has 0 spiro atoms. The molecular weight excluding hydrogens is 202 g/mol. The van der Waals surface area contributed by atoms with Crippen molar-refractivity contribution in [3.8, 4) is 0 Å². The third-order valence-corrected chi connectivity index (χ3v) is 2.74. The van der Waals surface area contributed by atoms with Gasteiger partial charge in [0.1, 0.15) is 0 Å². The molecular formula is C13H21NO2. The minimum absolute atomic E-state index is 0.0903. The van der Waals surface area contributed by atoms with Crippen LogP contribution in [0.25, 0.3) is 0 Å². The molecule has 1 atom stereocenters. The average Bonchev–Trinajstić information content (AvgIpc) is 1.97. The SMILES string of the molecule is CC(C)(C)C1C=CC(=O)N(C(C)(C)C)C1=O. The Bertz CT molecular complexity index is 342. The van der Waals surface area contributed by atoms with Crippen LogP contribution in [0.5, 0.6) is 0 Å². The van der Waals surface area contributed by atoms with Crippen molar-refractivity contribution >= 4 is 11.8 Å². The third-order valence-electron chi connectivity index (χ3n) is 2.74. The van der Waals surface area contributed by atoms with Crippen molar-refractivity contribution in [3.05, 3.63) is 12.2 Å². The van der Waals surface area contributed by atoms with Crippen molar-refractivity contribution in [1.29, 1.82) is 0 Å². The highest BCUT2D eigenvalue weighted by atomic mass is 16.2. The Kier molecular flexibility index (Phi) is 3.01. The van der Waals surface area contributed by atoms with Crippen molar-refractivity contribution in [2.24, 2.45) is 11.3 Å². The molecule has 1 rings (SSSR count). The van der Waals surface area contributed by atoms with E-state index in [1.54, 1.807) is 6.08 Å². The molecule has 1 aliphatic heterocycles. The van der Waals surface area contributed by atoms with Crippen LogP contribution in [0.2, 0.25) is 0 Å². The lowest BCUT2D eigenvalue weighted by atomic mass is 9.77. The Morgan fingerprint density at radius 2 is 1.56 bits per heavy atom. The minimum Gasteiger partial charge on any atom is -0.274 e. The normalized spacial score (nSPS) is 22.9. The standard InChI is InChI=1S/C13H21NO2/c1-12(2,3)9-7-8-10(15)14(11(9)16)13(4,5)6/h7-9H,1-6H3. The summed E-state index contributed by atoms with van der Waals surface area (Å²) in [6, 6.07) is 0. The van der Waals surface area contributed by atoms with Crippen LogP contribution in [0.3, 0.4) is 0 Å². The Morgan fingerprint density at radius 1 is 1.06 bits per heavy atom. The van der Waals surface area contributed by atoms with Crippen molar-refractivity contribution < 1.29 is 9.59 Å². The maximum absolute atomic E-state index is 12.3. The number of amides is 2. The van der Waals surface area contributed by atoms with E-state index in [1.807, 2.05) is 41.5 Å². The van der Waals surface area contributed by atoms with Gasteiger partial charge in [0.15, 0.2) is 0 Å². The molecule has 0 aromatic rings. The summed E-state index contributed by atoms with van der Waals surface area (Å²) in [5.74, 6) is -0.519. The number of imide groups is 1. The molecule has 0 fully saturated rings. The summed E-state index contributed by atoms with van der Waals surface area (Å²) < 4.78 is 0. The molecule has 0 N–H and O–H groups in total. The zero-order chi connectivity index (χ0) is 12.7. The monoisotopic (exact) mass is 223 g/mol. The fourth-order valence-electron chi connectivity index (χ4n) is 1.90. The fraction of sp³-hybridized carbons (Fsp3) is 0.692. The van der Waals surface area contributed by atoms with E-state index in [4.69, 9.17) is 0 Å². The van der Waals surface area contributed by atoms with Crippen LogP contribution in [0, 0.1) is 11.3 Å². The number of nitrogens with zero attached hydrogens (tertiary/aromatic N) is 1. The van der Waals surface area contributed by atoms with Gasteiger partial charge in [-0.3, -0.25) is 14.5 Å². The summed E-state index contributed by atoms with van der Waals surface area (Å²) in [5, 5.41) is 0. The molecule has 0 aliphatic carbocycles. The summed E-state index contributed by atoms with van der Waals surface area (Å²) in [6.45, 7) is 11.7. The van der Waals surface area contributed by atoms with Gasteiger partial charge in [-0.2, -0.15) is 0 Å². The van der Waals surface area contributed by atoms with Crippen LogP contribution in [0.15, 0.2) is 12.2 Å². The summed E-state index contributed by atoms with van der Waals surface area (Å²) in [4.78, 5) is 25.4. The van der Waals surface area contributed by atoms with Crippen LogP contribution in [0.1, 0.15) is 41.5 Å². The Hall–Kier alpha value is -1.12. The Morgan fingerprint density at radius 3 is 1.94 bits per heavy atom. The largest absolute Gasteiger partial charge is 0.274 e. The summed E-state index contributed by atoms with van der Waals surface area (Å²) in [7, 11) is 0. The second-order valence-corrected chi connectivity index (χ2v) is 6.39. The van der Waals surface area contributed by atoms with Gasteiger partial charge >= 0.3 is 0 Å². The second-order valence-electron chi connectivity index (χ2n) is 6.39. The molecule has 0 aromatic carbocycles. The van der Waals surface area contributed by atoms with Gasteiger partial charge < -0.3 is 0 Å². The van der Waals surface area contributed by atoms with E-state index in [9.17, 15) is 9.59 Å². The molecule has 90 valence electrons. The minimum atomic E-state index is -0.456. The van der Waals surface area contributed by atoms with Crippen molar-refractivity contribution in [3.63, 3.8) is 0 Å². The topological polar surface area (TPSA) is 37.4 Å². The summed E-state index contributed by atoms with van der Waals surface area (Å²) >= 11 is 0. The molecule has 0 aromatic heterocycles. The molecule has 0 bridgehead atoms. The number of carbonyl (C=O) groups is 2. The van der Waals surface area contributed by atoms with E-state index < -0.39 is 5.54 Å². The van der Waals surface area contributed by atoms with Gasteiger partial charge in [0.05, 0.1) is 5.92 Å². The number of carbonyl (C=O) groups excluding carboxylic acids is 2. The number of rotatable bonds is 0. The smallest absolute Gasteiger partial charge is 0.253 e. The molecule has 1 unspecified atom stereocenters. The van der Waals surface area contributed by atoms with Gasteiger partial charge in [-0.25, -0.2) is 0 Å². The number of hydrogen-bond acceptors (Lipinski definition) is 2. The van der Waals surface area contributed by atoms with Gasteiger partial charge in [0.25, 0.3) is 5.91 Å². The highest BCUT2D eigenvalue weighted by molar-refractivity contribution is 6.06. The van der Waals surface area contributed by atoms with Gasteiger partial charge in [-0.05, 0) is 26.2 Å². The molecule has 0 saturated heterocycles. The van der Waals surface area contributed by atoms with Gasteiger partial charge in [0, 0.05) is 11.6 Å². The molecule has 3 nitrogen and oxygen atoms in total. The van der Waals surface area contributed by atoms with Crippen LogP contribution in [-0.4, -0.2) is 22.3 Å². The molecule has 3 heteroatoms. The first-order valence-electron chi connectivity index (χ1n) is 5.61. The Balaban J connectivity index is 3.13. The van der Waals surface area contributed by atoms with Crippen LogP contribution in [0.4, 0.5) is 0 Å². The van der Waals surface area contributed by atoms with Crippen molar-refractivity contribution in [2.75, 3.05) is 0 Å². The maximum atomic E-state index is 12.3. The van der Waals surface area contributed by atoms with Crippen molar-refractivity contribution in [2.45, 2.75) is 47.1 Å². The van der Waals surface area contributed by atoms with Gasteiger partial charge in [-0.15, -0.1) is 0 Å². The summed E-state index contributed by atoms with van der Waals surface area (Å²) in [6.07, 6.45) is 3.25. The van der Waals surface area contributed by atoms with Crippen LogP contribution in [-0.2, 0) is 9.59 Å². The third kappa shape index (κ3) is 2.34. The molecule has 2 amide bonds. The average molecular weight is 223 g/mol. The van der Waals surface area contributed by atoms with E-state index in [-0.39, 0.29) is 23.1 Å². The first-order valence-corrected chi connectivity index (χ1v) is 5.61. The highest BCUT2D eigenvalue weighted by Gasteiger charge is 2.41. The first kappa shape index (κ1) is 12.9. The van der Waals surface area contributed by atoms with E-state index in [0.717, 1.165) is 0 Å². The molecule has 0 radical (unpaired) electrons. The molecule has 16 heavy (non-hydrogen) atoms. The Labute approximate surface area is 97.5 Å². The lowest BCUT2D eigenvalue weighted by Gasteiger charge is -2.40. The maximum Gasteiger partial charge on any atom is 0.253 e. The van der Waals surface area contributed by atoms with Crippen molar-refractivity contribution in [1.82, 2.24) is 4.90 Å². The number of hydrogen-bond donors (Lipinski definition) is 0. The van der Waals surface area contributed by atoms with E-state index in [1.165, 1.54) is 11.0 Å². The van der Waals surface area contributed by atoms with Gasteiger partial charge in [0.2, 0.25) is 5.91 Å². The zero-order valence-electron chi connectivity index (χ0n) is 11.0. The predicted molar refractivity (Wildman–Crippen MR) is 63.7 cm³/mol. The van der Waals surface area contributed by atoms with Crippen LogP contribution < -0.4 is 0 Å². The van der Waals surface area contributed by atoms with Crippen LogP contribution >= 0.6 is 0 Å². The fourth-order valence-corrected chi connectivity index (χ4v) is 1.90. The predicted octanol–water partition coefficient (Wildman–Crippen LogP) is 2.37. The van der Waals surface area contributed by atoms with E-state index in [0.29, 0.717) is 0 Å². The molecule has 1 aliphatic rings. The quantitative estimate of drug-likeness (QED) is 0.591. The summed E-state index contributed by atoms with van der Waals surface area (Å²) in [5.41, 5.74) is -0.611. The zero-order valence-corrected chi connectivity index (χ0v) is 11.0. The molecule has 0 saturated carbocycles. The molecule has 1 heterocycles. The van der Waals surface area contributed by atoms with E-state index >= 15 is 0 Å². The van der Waals surface area contributed by atoms with Gasteiger partial charge in [-0.1, -0.05) is 26.8 Å². The lowest BCUT2D eigenvalue weighted by molar-refractivity contribution is -0.152. The lowest BCUT2D eigenvalue weighted by Crippen LogP contribution is -2.54. The van der Waals surface area contributed by atoms with E-state index in [2.05, 4.69) is 0 Å². The first-order chi connectivity index (χ1) is 7.05.